The lowest BCUT2D eigenvalue weighted by Gasteiger charge is -2.14. The second-order valence-electron chi connectivity index (χ2n) is 8.75. The maximum absolute atomic E-state index is 13.3. The van der Waals surface area contributed by atoms with E-state index in [1.807, 2.05) is 0 Å². The molecule has 0 saturated heterocycles. The molecule has 0 aliphatic rings. The number of nitrogens with one attached hydrogen (secondary N) is 3. The van der Waals surface area contributed by atoms with Crippen LogP contribution in [0.4, 0.5) is 11.4 Å². The van der Waals surface area contributed by atoms with E-state index in [0.717, 1.165) is 4.90 Å². The molecule has 1 unspecified atom stereocenters. The Labute approximate surface area is 257 Å². The van der Waals surface area contributed by atoms with Crippen molar-refractivity contribution in [3.05, 3.63) is 129 Å². The van der Waals surface area contributed by atoms with Gasteiger partial charge in [-0.25, -0.2) is 0 Å². The summed E-state index contributed by atoms with van der Waals surface area (Å²) in [4.78, 5) is 39.6. The Morgan fingerprint density at radius 1 is 0.780 bits per heavy atom. The van der Waals surface area contributed by atoms with Gasteiger partial charge in [-0.2, -0.15) is 0 Å². The van der Waals surface area contributed by atoms with E-state index in [1.165, 1.54) is 17.8 Å². The molecule has 1 atom stereocenters. The highest BCUT2D eigenvalue weighted by molar-refractivity contribution is 8.00. The fourth-order valence-corrected chi connectivity index (χ4v) is 5.10. The Bertz CT molecular complexity index is 1600. The van der Waals surface area contributed by atoms with Gasteiger partial charge in [0.25, 0.3) is 11.8 Å². The average Bonchev–Trinajstić information content (AvgIpc) is 2.96. The van der Waals surface area contributed by atoms with Crippen LogP contribution in [0.2, 0.25) is 15.1 Å². The smallest absolute Gasteiger partial charge is 0.272 e. The van der Waals surface area contributed by atoms with Gasteiger partial charge in [-0.15, -0.1) is 11.8 Å². The molecule has 10 heteroatoms. The normalized spacial score (nSPS) is 11.9. The second-order valence-corrected chi connectivity index (χ2v) is 11.4. The molecule has 0 aliphatic heterocycles. The van der Waals surface area contributed by atoms with Crippen LogP contribution < -0.4 is 16.0 Å². The Morgan fingerprint density at radius 3 is 2.15 bits per heavy atom. The lowest BCUT2D eigenvalue weighted by Crippen LogP contribution is -2.30. The minimum atomic E-state index is -0.526. The lowest BCUT2D eigenvalue weighted by molar-refractivity contribution is -0.115. The van der Waals surface area contributed by atoms with Gasteiger partial charge in [0.1, 0.15) is 5.70 Å². The molecule has 208 valence electrons. The molecule has 4 rings (SSSR count). The van der Waals surface area contributed by atoms with Crippen LogP contribution in [0.25, 0.3) is 6.08 Å². The summed E-state index contributed by atoms with van der Waals surface area (Å²) >= 11 is 19.7. The van der Waals surface area contributed by atoms with Gasteiger partial charge in [-0.1, -0.05) is 71.2 Å². The molecule has 0 heterocycles. The summed E-state index contributed by atoms with van der Waals surface area (Å²) in [5, 5.41) is 9.14. The predicted molar refractivity (Wildman–Crippen MR) is 169 cm³/mol. The van der Waals surface area contributed by atoms with Crippen molar-refractivity contribution in [2.24, 2.45) is 0 Å². The predicted octanol–water partition coefficient (Wildman–Crippen LogP) is 8.18. The van der Waals surface area contributed by atoms with Crippen LogP contribution >= 0.6 is 46.6 Å². The number of anilines is 2. The molecule has 0 bridgehead atoms. The zero-order chi connectivity index (χ0) is 29.4. The van der Waals surface area contributed by atoms with Crippen molar-refractivity contribution in [1.29, 1.82) is 0 Å². The zero-order valence-electron chi connectivity index (χ0n) is 21.7. The van der Waals surface area contributed by atoms with Crippen LogP contribution in [0.15, 0.2) is 108 Å². The quantitative estimate of drug-likeness (QED) is 0.129. The first kappa shape index (κ1) is 30.2. The van der Waals surface area contributed by atoms with Crippen LogP contribution in [-0.2, 0) is 9.59 Å². The minimum Gasteiger partial charge on any atom is -0.324 e. The average molecular weight is 625 g/mol. The number of thioether (sulfide) groups is 1. The number of amides is 3. The summed E-state index contributed by atoms with van der Waals surface area (Å²) in [6.07, 6.45) is 1.52. The third-order valence-electron chi connectivity index (χ3n) is 5.72. The largest absolute Gasteiger partial charge is 0.324 e. The van der Waals surface area contributed by atoms with Gasteiger partial charge >= 0.3 is 0 Å². The number of carbonyl (C=O) groups is 3. The summed E-state index contributed by atoms with van der Waals surface area (Å²) in [5.41, 5.74) is 1.99. The SMILES string of the molecule is CC(Sc1ccc(NC(=O)/C(=C/c2ccccc2Cl)NC(=O)c2ccccc2)cc1)C(=O)Nc1ccc(Cl)cc1Cl. The van der Waals surface area contributed by atoms with Crippen LogP contribution in [0.5, 0.6) is 0 Å². The molecule has 0 aliphatic carbocycles. The van der Waals surface area contributed by atoms with Crippen LogP contribution in [0.1, 0.15) is 22.8 Å². The Morgan fingerprint density at radius 2 is 1.46 bits per heavy atom. The van der Waals surface area contributed by atoms with E-state index in [4.69, 9.17) is 34.8 Å². The summed E-state index contributed by atoms with van der Waals surface area (Å²) in [7, 11) is 0. The fourth-order valence-electron chi connectivity index (χ4n) is 3.59. The highest BCUT2D eigenvalue weighted by Crippen LogP contribution is 2.29. The highest BCUT2D eigenvalue weighted by Gasteiger charge is 2.18. The zero-order valence-corrected chi connectivity index (χ0v) is 24.7. The van der Waals surface area contributed by atoms with Gasteiger partial charge in [0, 0.05) is 26.2 Å². The van der Waals surface area contributed by atoms with Crippen molar-refractivity contribution in [2.45, 2.75) is 17.1 Å². The Hall–Kier alpha value is -3.75. The molecule has 3 N–H and O–H groups in total. The third-order valence-corrected chi connectivity index (χ3v) is 7.72. The van der Waals surface area contributed by atoms with E-state index in [9.17, 15) is 14.4 Å². The molecule has 4 aromatic carbocycles. The van der Waals surface area contributed by atoms with Crippen molar-refractivity contribution >= 4 is 81.7 Å². The molecule has 41 heavy (non-hydrogen) atoms. The van der Waals surface area contributed by atoms with E-state index in [2.05, 4.69) is 16.0 Å². The van der Waals surface area contributed by atoms with Gasteiger partial charge < -0.3 is 16.0 Å². The van der Waals surface area contributed by atoms with Crippen molar-refractivity contribution in [3.8, 4) is 0 Å². The summed E-state index contributed by atoms with van der Waals surface area (Å²) in [6, 6.07) is 27.5. The summed E-state index contributed by atoms with van der Waals surface area (Å²) in [5.74, 6) is -1.18. The lowest BCUT2D eigenvalue weighted by atomic mass is 10.1. The van der Waals surface area contributed by atoms with Gasteiger partial charge in [0.2, 0.25) is 5.91 Å². The first-order valence-corrected chi connectivity index (χ1v) is 14.4. The number of hydrogen-bond acceptors (Lipinski definition) is 4. The van der Waals surface area contributed by atoms with Gasteiger partial charge in [0.15, 0.2) is 0 Å². The molecule has 3 amide bonds. The molecule has 0 saturated carbocycles. The first-order valence-electron chi connectivity index (χ1n) is 12.4. The fraction of sp³-hybridized carbons (Fsp3) is 0.0645. The van der Waals surface area contributed by atoms with E-state index in [-0.39, 0.29) is 11.6 Å². The Kier molecular flexibility index (Phi) is 10.5. The van der Waals surface area contributed by atoms with Crippen molar-refractivity contribution < 1.29 is 14.4 Å². The first-order chi connectivity index (χ1) is 19.7. The van der Waals surface area contributed by atoms with Gasteiger partial charge in [-0.3, -0.25) is 14.4 Å². The van der Waals surface area contributed by atoms with Crippen molar-refractivity contribution in [2.75, 3.05) is 10.6 Å². The number of carbonyl (C=O) groups excluding carboxylic acids is 3. The van der Waals surface area contributed by atoms with Crippen molar-refractivity contribution in [1.82, 2.24) is 5.32 Å². The van der Waals surface area contributed by atoms with E-state index < -0.39 is 17.1 Å². The molecule has 4 aromatic rings. The van der Waals surface area contributed by atoms with Gasteiger partial charge in [0.05, 0.1) is 16.0 Å². The summed E-state index contributed by atoms with van der Waals surface area (Å²) < 4.78 is 0. The standard InChI is InChI=1S/C31H24Cl3N3O3S/c1-19(29(38)36-27-16-11-22(32)18-26(27)34)41-24-14-12-23(13-15-24)35-31(40)28(17-21-9-5-6-10-25(21)33)37-30(39)20-7-3-2-4-8-20/h2-19H,1H3,(H,35,40)(H,36,38)(H,37,39)/b28-17-. The van der Waals surface area contributed by atoms with Crippen LogP contribution in [-0.4, -0.2) is 23.0 Å². The van der Waals surface area contributed by atoms with Gasteiger partial charge in [-0.05, 0) is 79.2 Å². The number of rotatable bonds is 9. The number of halogens is 3. The van der Waals surface area contributed by atoms with Crippen LogP contribution in [0.3, 0.4) is 0 Å². The maximum atomic E-state index is 13.3. The molecular weight excluding hydrogens is 601 g/mol. The molecular formula is C31H24Cl3N3O3S. The molecule has 0 radical (unpaired) electrons. The van der Waals surface area contributed by atoms with E-state index in [0.29, 0.717) is 37.6 Å². The highest BCUT2D eigenvalue weighted by atomic mass is 35.5. The second kappa shape index (κ2) is 14.2. The molecule has 0 aromatic heterocycles. The maximum Gasteiger partial charge on any atom is 0.272 e. The Balaban J connectivity index is 1.43. The van der Waals surface area contributed by atoms with Crippen LogP contribution in [0, 0.1) is 0 Å². The van der Waals surface area contributed by atoms with E-state index in [1.54, 1.807) is 104 Å². The summed E-state index contributed by atoms with van der Waals surface area (Å²) in [6.45, 7) is 1.78. The van der Waals surface area contributed by atoms with E-state index >= 15 is 0 Å². The minimum absolute atomic E-state index is 0.0246. The number of hydrogen-bond donors (Lipinski definition) is 3. The topological polar surface area (TPSA) is 87.3 Å². The number of benzene rings is 4. The molecule has 0 spiro atoms. The molecule has 6 nitrogen and oxygen atoms in total. The monoisotopic (exact) mass is 623 g/mol. The van der Waals surface area contributed by atoms with Crippen molar-refractivity contribution in [3.63, 3.8) is 0 Å². The third kappa shape index (κ3) is 8.62. The molecule has 0 fully saturated rings.